The van der Waals surface area contributed by atoms with Gasteiger partial charge in [0, 0.05) is 24.4 Å². The molecule has 4 rings (SSSR count). The number of aromatic nitrogens is 3. The predicted molar refractivity (Wildman–Crippen MR) is 95.6 cm³/mol. The van der Waals surface area contributed by atoms with Crippen molar-refractivity contribution in [3.8, 4) is 0 Å². The summed E-state index contributed by atoms with van der Waals surface area (Å²) in [7, 11) is 0. The van der Waals surface area contributed by atoms with Gasteiger partial charge in [-0.15, -0.1) is 11.3 Å². The van der Waals surface area contributed by atoms with E-state index in [1.165, 1.54) is 16.9 Å². The third-order valence-corrected chi connectivity index (χ3v) is 5.44. The van der Waals surface area contributed by atoms with Gasteiger partial charge in [0.15, 0.2) is 0 Å². The molecule has 1 aliphatic heterocycles. The van der Waals surface area contributed by atoms with Gasteiger partial charge in [-0.25, -0.2) is 9.97 Å². The number of hydrogen-bond donors (Lipinski definition) is 1. The number of H-pyrrole nitrogens is 1. The van der Waals surface area contributed by atoms with Gasteiger partial charge in [0.1, 0.15) is 11.5 Å². The van der Waals surface area contributed by atoms with Crippen molar-refractivity contribution in [3.63, 3.8) is 0 Å². The van der Waals surface area contributed by atoms with Crippen LogP contribution in [0.5, 0.6) is 0 Å². The van der Waals surface area contributed by atoms with Gasteiger partial charge in [-0.2, -0.15) is 0 Å². The first-order chi connectivity index (χ1) is 11.6. The quantitative estimate of drug-likeness (QED) is 0.774. The Kier molecular flexibility index (Phi) is 3.84. The number of aryl methyl sites for hydroxylation is 2. The second-order valence-corrected chi connectivity index (χ2v) is 7.50. The molecule has 6 heteroatoms. The summed E-state index contributed by atoms with van der Waals surface area (Å²) < 4.78 is 0. The van der Waals surface area contributed by atoms with Crippen molar-refractivity contribution in [1.29, 1.82) is 0 Å². The molecule has 5 nitrogen and oxygen atoms in total. The predicted octanol–water partition coefficient (Wildman–Crippen LogP) is 3.66. The molecule has 0 saturated carbocycles. The molecule has 0 spiro atoms. The molecule has 1 saturated heterocycles. The average Bonchev–Trinajstić information content (AvgIpc) is 3.21. The highest BCUT2D eigenvalue weighted by Crippen LogP contribution is 2.28. The summed E-state index contributed by atoms with van der Waals surface area (Å²) in [4.78, 5) is 27.2. The lowest BCUT2D eigenvalue weighted by atomic mass is 9.97. The van der Waals surface area contributed by atoms with E-state index in [1.807, 2.05) is 23.3 Å². The van der Waals surface area contributed by atoms with Crippen LogP contribution in [-0.4, -0.2) is 38.8 Å². The van der Waals surface area contributed by atoms with Gasteiger partial charge < -0.3 is 9.88 Å². The Labute approximate surface area is 144 Å². The van der Waals surface area contributed by atoms with Crippen molar-refractivity contribution in [2.45, 2.75) is 32.6 Å². The molecule has 124 valence electrons. The summed E-state index contributed by atoms with van der Waals surface area (Å²) in [5, 5.41) is 2.78. The van der Waals surface area contributed by atoms with Gasteiger partial charge in [-0.1, -0.05) is 12.1 Å². The van der Waals surface area contributed by atoms with Crippen LogP contribution in [0.25, 0.3) is 11.0 Å². The average molecular weight is 340 g/mol. The SMILES string of the molecule is Cc1nc(C(=O)N2CCC[C@H](c3nc4c(C)cccc4[nH]3)C2)cs1. The van der Waals surface area contributed by atoms with E-state index in [2.05, 4.69) is 29.0 Å². The van der Waals surface area contributed by atoms with Crippen molar-refractivity contribution < 1.29 is 4.79 Å². The molecule has 3 aromatic rings. The number of aromatic amines is 1. The molecule has 3 heterocycles. The molecule has 0 unspecified atom stereocenters. The lowest BCUT2D eigenvalue weighted by molar-refractivity contribution is 0.0699. The normalized spacial score (nSPS) is 18.2. The van der Waals surface area contributed by atoms with Crippen molar-refractivity contribution in [2.24, 2.45) is 0 Å². The van der Waals surface area contributed by atoms with Crippen molar-refractivity contribution in [2.75, 3.05) is 13.1 Å². The smallest absolute Gasteiger partial charge is 0.273 e. The van der Waals surface area contributed by atoms with Crippen LogP contribution in [0.2, 0.25) is 0 Å². The fourth-order valence-electron chi connectivity index (χ4n) is 3.40. The molecule has 24 heavy (non-hydrogen) atoms. The van der Waals surface area contributed by atoms with E-state index in [0.717, 1.165) is 41.3 Å². The molecule has 1 amide bonds. The number of piperidine rings is 1. The summed E-state index contributed by atoms with van der Waals surface area (Å²) in [6.45, 7) is 5.50. The summed E-state index contributed by atoms with van der Waals surface area (Å²) in [6.07, 6.45) is 2.05. The van der Waals surface area contributed by atoms with Crippen LogP contribution in [-0.2, 0) is 0 Å². The standard InChI is InChI=1S/C18H20N4OS/c1-11-5-3-7-14-16(11)21-17(20-14)13-6-4-8-22(9-13)18(23)15-10-24-12(2)19-15/h3,5,7,10,13H,4,6,8-9H2,1-2H3,(H,20,21)/t13-/m0/s1. The van der Waals surface area contributed by atoms with Gasteiger partial charge in [0.05, 0.1) is 16.0 Å². The van der Waals surface area contributed by atoms with Crippen molar-refractivity contribution >= 4 is 28.3 Å². The maximum Gasteiger partial charge on any atom is 0.273 e. The third-order valence-electron chi connectivity index (χ3n) is 4.67. The zero-order chi connectivity index (χ0) is 16.7. The number of benzene rings is 1. The van der Waals surface area contributed by atoms with Crippen LogP contribution in [0.3, 0.4) is 0 Å². The van der Waals surface area contributed by atoms with Gasteiger partial charge in [0.2, 0.25) is 0 Å². The number of likely N-dealkylation sites (tertiary alicyclic amines) is 1. The van der Waals surface area contributed by atoms with E-state index in [0.29, 0.717) is 12.2 Å². The van der Waals surface area contributed by atoms with Crippen LogP contribution in [0.15, 0.2) is 23.6 Å². The Morgan fingerprint density at radius 2 is 2.21 bits per heavy atom. The highest BCUT2D eigenvalue weighted by atomic mass is 32.1. The zero-order valence-electron chi connectivity index (χ0n) is 13.9. The van der Waals surface area contributed by atoms with Crippen molar-refractivity contribution in [3.05, 3.63) is 45.7 Å². The minimum Gasteiger partial charge on any atom is -0.342 e. The Hall–Kier alpha value is -2.21. The molecule has 1 atom stereocenters. The molecule has 1 N–H and O–H groups in total. The highest BCUT2D eigenvalue weighted by molar-refractivity contribution is 7.09. The number of nitrogens with zero attached hydrogens (tertiary/aromatic N) is 3. The van der Waals surface area contributed by atoms with E-state index in [9.17, 15) is 4.79 Å². The van der Waals surface area contributed by atoms with Gasteiger partial charge >= 0.3 is 0 Å². The van der Waals surface area contributed by atoms with Crippen LogP contribution in [0.1, 0.15) is 45.6 Å². The van der Waals surface area contributed by atoms with Crippen LogP contribution in [0, 0.1) is 13.8 Å². The Morgan fingerprint density at radius 1 is 1.33 bits per heavy atom. The lowest BCUT2D eigenvalue weighted by Gasteiger charge is -2.31. The second kappa shape index (κ2) is 6.02. The molecule has 1 aromatic carbocycles. The lowest BCUT2D eigenvalue weighted by Crippen LogP contribution is -2.39. The number of carbonyl (C=O) groups is 1. The fraction of sp³-hybridized carbons (Fsp3) is 0.389. The number of rotatable bonds is 2. The molecular formula is C18H20N4OS. The van der Waals surface area contributed by atoms with E-state index in [4.69, 9.17) is 4.98 Å². The summed E-state index contributed by atoms with van der Waals surface area (Å²) in [5.41, 5.74) is 3.85. The summed E-state index contributed by atoms with van der Waals surface area (Å²) in [6, 6.07) is 6.18. The summed E-state index contributed by atoms with van der Waals surface area (Å²) in [5.74, 6) is 1.29. The molecular weight excluding hydrogens is 320 g/mol. The van der Waals surface area contributed by atoms with Gasteiger partial charge in [-0.3, -0.25) is 4.79 Å². The highest BCUT2D eigenvalue weighted by Gasteiger charge is 2.28. The Morgan fingerprint density at radius 3 is 2.96 bits per heavy atom. The number of para-hydroxylation sites is 1. The fourth-order valence-corrected chi connectivity index (χ4v) is 3.98. The van der Waals surface area contributed by atoms with Gasteiger partial charge in [-0.05, 0) is 38.3 Å². The zero-order valence-corrected chi connectivity index (χ0v) is 14.7. The molecule has 0 aliphatic carbocycles. The van der Waals surface area contributed by atoms with E-state index >= 15 is 0 Å². The molecule has 1 fully saturated rings. The van der Waals surface area contributed by atoms with E-state index in [1.54, 1.807) is 0 Å². The number of thiazole rings is 1. The summed E-state index contributed by atoms with van der Waals surface area (Å²) >= 11 is 1.52. The topological polar surface area (TPSA) is 61.9 Å². The van der Waals surface area contributed by atoms with E-state index in [-0.39, 0.29) is 11.8 Å². The second-order valence-electron chi connectivity index (χ2n) is 6.44. The first-order valence-electron chi connectivity index (χ1n) is 8.28. The molecule has 0 bridgehead atoms. The number of amides is 1. The van der Waals surface area contributed by atoms with Crippen molar-refractivity contribution in [1.82, 2.24) is 19.9 Å². The Balaban J connectivity index is 1.57. The number of fused-ring (bicyclic) bond motifs is 1. The van der Waals surface area contributed by atoms with E-state index < -0.39 is 0 Å². The first kappa shape index (κ1) is 15.3. The number of nitrogens with one attached hydrogen (secondary N) is 1. The Bertz CT molecular complexity index is 897. The van der Waals surface area contributed by atoms with Crippen LogP contribution < -0.4 is 0 Å². The maximum absolute atomic E-state index is 12.7. The van der Waals surface area contributed by atoms with Gasteiger partial charge in [0.25, 0.3) is 5.91 Å². The minimum atomic E-state index is 0.0383. The van der Waals surface area contributed by atoms with Crippen LogP contribution >= 0.6 is 11.3 Å². The minimum absolute atomic E-state index is 0.0383. The molecule has 0 radical (unpaired) electrons. The maximum atomic E-state index is 12.7. The third kappa shape index (κ3) is 2.71. The first-order valence-corrected chi connectivity index (χ1v) is 9.16. The monoisotopic (exact) mass is 340 g/mol. The number of imidazole rings is 1. The molecule has 2 aromatic heterocycles. The number of carbonyl (C=O) groups excluding carboxylic acids is 1. The molecule has 1 aliphatic rings. The number of hydrogen-bond acceptors (Lipinski definition) is 4. The largest absolute Gasteiger partial charge is 0.342 e. The van der Waals surface area contributed by atoms with Crippen LogP contribution in [0.4, 0.5) is 0 Å².